The normalized spacial score (nSPS) is 8.09. The number of anilines is 1. The molecule has 0 atom stereocenters. The second-order valence-electron chi connectivity index (χ2n) is 5.57. The molecule has 0 unspecified atom stereocenters. The Morgan fingerprint density at radius 2 is 1.14 bits per heavy atom. The number of ether oxygens (including phenoxy) is 3. The summed E-state index contributed by atoms with van der Waals surface area (Å²) in [6, 6.07) is 21.0. The van der Waals surface area contributed by atoms with Crippen molar-refractivity contribution >= 4 is 17.1 Å². The summed E-state index contributed by atoms with van der Waals surface area (Å²) in [5, 5.41) is 29.4. The number of nitrogens with two attached hydrogens (primary N) is 1. The number of hydrogen-bond acceptors (Lipinski definition) is 9. The van der Waals surface area contributed by atoms with Crippen LogP contribution in [-0.2, 0) is 0 Å². The Morgan fingerprint density at radius 1 is 0.771 bits per heavy atom. The van der Waals surface area contributed by atoms with Crippen LogP contribution in [0.2, 0.25) is 0 Å². The maximum atomic E-state index is 8.29. The number of halogens is 1. The monoisotopic (exact) mass is 519 g/mol. The SMILES string of the molecule is COc1ccc(N)cc1.COc1ccc(N=NC#N)cc1.COc1ccc([N+]#N)cc1.[C-]#N.[Cl-].[K+]. The van der Waals surface area contributed by atoms with Gasteiger partial charge in [-0.1, -0.05) is 5.11 Å². The molecule has 0 amide bonds. The molecule has 0 bridgehead atoms. The van der Waals surface area contributed by atoms with E-state index in [-0.39, 0.29) is 63.8 Å². The predicted octanol–water partition coefficient (Wildman–Crippen LogP) is -0.178. The van der Waals surface area contributed by atoms with Crippen LogP contribution in [0.5, 0.6) is 17.2 Å². The average molecular weight is 520 g/mol. The van der Waals surface area contributed by atoms with E-state index in [1.165, 1.54) is 0 Å². The second kappa shape index (κ2) is 23.9. The fourth-order valence-corrected chi connectivity index (χ4v) is 1.98. The van der Waals surface area contributed by atoms with Crippen molar-refractivity contribution in [1.82, 2.24) is 0 Å². The van der Waals surface area contributed by atoms with E-state index in [2.05, 4.69) is 15.2 Å². The Hall–Kier alpha value is -3.21. The van der Waals surface area contributed by atoms with E-state index in [9.17, 15) is 0 Å². The minimum atomic E-state index is 0. The van der Waals surface area contributed by atoms with Gasteiger partial charge in [-0.15, -0.1) is 5.11 Å². The summed E-state index contributed by atoms with van der Waals surface area (Å²) in [4.78, 5) is 2.99. The summed E-state index contributed by atoms with van der Waals surface area (Å²) in [7, 11) is 4.81. The van der Waals surface area contributed by atoms with E-state index in [0.717, 1.165) is 22.9 Å². The van der Waals surface area contributed by atoms with Gasteiger partial charge in [-0.2, -0.15) is 5.26 Å². The quantitative estimate of drug-likeness (QED) is 0.125. The molecule has 0 spiro atoms. The summed E-state index contributed by atoms with van der Waals surface area (Å²) in [6.45, 7) is 4.75. The first-order valence-electron chi connectivity index (χ1n) is 9.11. The number of nitrogen functional groups attached to an aromatic ring is 1. The molecule has 3 aromatic rings. The van der Waals surface area contributed by atoms with Gasteiger partial charge in [-0.25, -0.2) is 0 Å². The summed E-state index contributed by atoms with van der Waals surface area (Å²) < 4.78 is 14.7. The Kier molecular flexibility index (Phi) is 24.9. The van der Waals surface area contributed by atoms with Crippen molar-refractivity contribution < 1.29 is 78.0 Å². The number of nitriles is 1. The first-order chi connectivity index (χ1) is 16.1. The van der Waals surface area contributed by atoms with E-state index < -0.39 is 0 Å². The van der Waals surface area contributed by atoms with Gasteiger partial charge in [-0.3, -0.25) is 0 Å². The van der Waals surface area contributed by atoms with Crippen LogP contribution in [0.25, 0.3) is 4.98 Å². The van der Waals surface area contributed by atoms with Gasteiger partial charge >= 0.3 is 57.1 Å². The number of diazo groups is 1. The minimum Gasteiger partial charge on any atom is -1.00 e. The molecular weight excluding hydrogens is 497 g/mol. The van der Waals surface area contributed by atoms with Crippen molar-refractivity contribution in [1.29, 1.82) is 15.9 Å². The molecule has 0 fully saturated rings. The number of methoxy groups -OCH3 is 3. The zero-order valence-electron chi connectivity index (χ0n) is 19.8. The maximum absolute atomic E-state index is 8.29. The van der Waals surface area contributed by atoms with Crippen LogP contribution in [-0.4, -0.2) is 21.3 Å². The molecule has 3 aromatic carbocycles. The van der Waals surface area contributed by atoms with E-state index >= 15 is 0 Å². The molecule has 10 nitrogen and oxygen atoms in total. The molecular formula is C23H23ClKN7O3. The van der Waals surface area contributed by atoms with E-state index in [4.69, 9.17) is 42.4 Å². The van der Waals surface area contributed by atoms with Crippen LogP contribution in [0, 0.1) is 28.7 Å². The predicted molar refractivity (Wildman–Crippen MR) is 123 cm³/mol. The van der Waals surface area contributed by atoms with Crippen molar-refractivity contribution in [2.45, 2.75) is 0 Å². The van der Waals surface area contributed by atoms with E-state index in [1.807, 2.05) is 12.1 Å². The molecule has 176 valence electrons. The number of benzene rings is 3. The van der Waals surface area contributed by atoms with Crippen molar-refractivity contribution in [3.8, 4) is 23.4 Å². The van der Waals surface area contributed by atoms with Gasteiger partial charge in [0.15, 0.2) is 4.98 Å². The molecule has 35 heavy (non-hydrogen) atoms. The first kappa shape index (κ1) is 36.4. The number of azo groups is 1. The maximum Gasteiger partial charge on any atom is 1.00 e. The minimum absolute atomic E-state index is 0. The third-order valence-corrected chi connectivity index (χ3v) is 3.59. The van der Waals surface area contributed by atoms with Crippen LogP contribution in [0.3, 0.4) is 0 Å². The van der Waals surface area contributed by atoms with Gasteiger partial charge in [0.05, 0.1) is 27.0 Å². The van der Waals surface area contributed by atoms with Gasteiger partial charge in [0.25, 0.3) is 0 Å². The molecule has 0 aliphatic heterocycles. The Morgan fingerprint density at radius 3 is 1.49 bits per heavy atom. The van der Waals surface area contributed by atoms with Gasteiger partial charge in [0, 0.05) is 17.8 Å². The van der Waals surface area contributed by atoms with Gasteiger partial charge in [0.2, 0.25) is 11.6 Å². The molecule has 0 heterocycles. The van der Waals surface area contributed by atoms with E-state index in [1.54, 1.807) is 88.2 Å². The standard InChI is InChI=1S/C8H7N3O.C7H7N2O.C7H9NO.CN.ClH.K/c1-12-8-4-2-7(3-5-8)11-10-6-9;1-10-7-4-2-6(9-8)3-5-7;1-9-7-4-2-6(8)3-5-7;1-2;;/h2-5H,1H3;2-5H,1H3;2-5H,8H2,1H3;;1H;/q;+1;;-1;;+1/p-1. The van der Waals surface area contributed by atoms with Crippen LogP contribution < -0.4 is 83.7 Å². The van der Waals surface area contributed by atoms with E-state index in [0.29, 0.717) is 11.4 Å². The largest absolute Gasteiger partial charge is 1.00 e. The summed E-state index contributed by atoms with van der Waals surface area (Å²) >= 11 is 0. The zero-order valence-corrected chi connectivity index (χ0v) is 23.7. The fourth-order valence-electron chi connectivity index (χ4n) is 1.98. The van der Waals surface area contributed by atoms with Crippen molar-refractivity contribution in [3.63, 3.8) is 0 Å². The third kappa shape index (κ3) is 17.0. The number of hydrogen-bond donors (Lipinski definition) is 1. The topological polar surface area (TPSA) is 154 Å². The molecule has 0 aliphatic carbocycles. The second-order valence-corrected chi connectivity index (χ2v) is 5.57. The third-order valence-electron chi connectivity index (χ3n) is 3.59. The van der Waals surface area contributed by atoms with Crippen molar-refractivity contribution in [2.24, 2.45) is 10.2 Å². The molecule has 0 aromatic heterocycles. The summed E-state index contributed by atoms with van der Waals surface area (Å²) in [5.41, 5.74) is 7.35. The van der Waals surface area contributed by atoms with Crippen LogP contribution in [0.1, 0.15) is 0 Å². The molecule has 0 saturated heterocycles. The molecule has 3 rings (SSSR count). The smallest absolute Gasteiger partial charge is 1.00 e. The summed E-state index contributed by atoms with van der Waals surface area (Å²) in [6.07, 6.45) is 1.57. The molecule has 12 heteroatoms. The van der Waals surface area contributed by atoms with Gasteiger partial charge < -0.3 is 44.2 Å². The van der Waals surface area contributed by atoms with Crippen LogP contribution >= 0.6 is 0 Å². The molecule has 0 saturated carbocycles. The Bertz CT molecular complexity index is 1060. The van der Waals surface area contributed by atoms with Gasteiger partial charge in [-0.05, 0) is 60.7 Å². The first-order valence-corrected chi connectivity index (χ1v) is 9.11. The van der Waals surface area contributed by atoms with Crippen LogP contribution in [0.15, 0.2) is 83.0 Å². The summed E-state index contributed by atoms with van der Waals surface area (Å²) in [5.74, 6) is 2.35. The molecule has 2 N–H and O–H groups in total. The molecule has 0 aliphatic rings. The number of nitrogens with zero attached hydrogens (tertiary/aromatic N) is 6. The fraction of sp³-hybridized carbons (Fsp3) is 0.130. The van der Waals surface area contributed by atoms with Crippen molar-refractivity contribution in [3.05, 3.63) is 84.3 Å². The average Bonchev–Trinajstić information content (AvgIpc) is 2.90. The number of rotatable bonds is 4. The van der Waals surface area contributed by atoms with Gasteiger partial charge in [0.1, 0.15) is 17.2 Å². The zero-order chi connectivity index (χ0) is 24.9. The van der Waals surface area contributed by atoms with Crippen molar-refractivity contribution in [2.75, 3.05) is 27.1 Å². The Balaban J connectivity index is -0.000000415. The molecule has 0 radical (unpaired) electrons. The van der Waals surface area contributed by atoms with Crippen LogP contribution in [0.4, 0.5) is 17.1 Å². The Labute approximate surface area is 253 Å².